The van der Waals surface area contributed by atoms with Crippen molar-refractivity contribution in [2.45, 2.75) is 26.3 Å². The summed E-state index contributed by atoms with van der Waals surface area (Å²) in [7, 11) is 0. The molecular formula is C17H21N5O3. The molecule has 1 aromatic carbocycles. The second-order valence-corrected chi connectivity index (χ2v) is 7.03. The first-order chi connectivity index (χ1) is 11.8. The number of benzene rings is 1. The highest BCUT2D eigenvalue weighted by Crippen LogP contribution is 2.28. The molecule has 1 unspecified atom stereocenters. The Morgan fingerprint density at radius 3 is 2.84 bits per heavy atom. The molecule has 8 nitrogen and oxygen atoms in total. The van der Waals surface area contributed by atoms with E-state index in [0.717, 1.165) is 6.42 Å². The second kappa shape index (κ2) is 6.29. The van der Waals surface area contributed by atoms with Gasteiger partial charge in [-0.3, -0.25) is 14.9 Å². The molecule has 1 aliphatic heterocycles. The van der Waals surface area contributed by atoms with Crippen molar-refractivity contribution in [3.8, 4) is 5.69 Å². The summed E-state index contributed by atoms with van der Waals surface area (Å²) in [4.78, 5) is 24.9. The molecule has 0 spiro atoms. The molecule has 3 rings (SSSR count). The summed E-state index contributed by atoms with van der Waals surface area (Å²) in [6, 6.07) is 7.83. The minimum Gasteiger partial charge on any atom is -0.337 e. The van der Waals surface area contributed by atoms with Gasteiger partial charge in [0.2, 0.25) is 0 Å². The summed E-state index contributed by atoms with van der Waals surface area (Å²) in [5.74, 6) is -0.149. The summed E-state index contributed by atoms with van der Waals surface area (Å²) in [6.07, 6.45) is 2.39. The van der Waals surface area contributed by atoms with E-state index in [2.05, 4.69) is 18.9 Å². The molecule has 2 heterocycles. The van der Waals surface area contributed by atoms with Crippen LogP contribution in [0.25, 0.3) is 5.69 Å². The van der Waals surface area contributed by atoms with E-state index in [1.807, 2.05) is 0 Å². The van der Waals surface area contributed by atoms with Crippen molar-refractivity contribution < 1.29 is 9.72 Å². The number of nitrogens with two attached hydrogens (primary N) is 1. The van der Waals surface area contributed by atoms with Gasteiger partial charge < -0.3 is 10.6 Å². The lowest BCUT2D eigenvalue weighted by molar-refractivity contribution is -0.384. The monoisotopic (exact) mass is 343 g/mol. The van der Waals surface area contributed by atoms with Crippen LogP contribution in [0.1, 0.15) is 30.8 Å². The number of nitro groups is 1. The van der Waals surface area contributed by atoms with Crippen molar-refractivity contribution in [3.63, 3.8) is 0 Å². The number of hydrogen-bond acceptors (Lipinski definition) is 5. The Balaban J connectivity index is 1.81. The molecule has 0 saturated carbocycles. The van der Waals surface area contributed by atoms with Crippen molar-refractivity contribution >= 4 is 11.6 Å². The van der Waals surface area contributed by atoms with E-state index in [9.17, 15) is 14.9 Å². The highest BCUT2D eigenvalue weighted by molar-refractivity contribution is 5.92. The van der Waals surface area contributed by atoms with E-state index < -0.39 is 4.92 Å². The fourth-order valence-electron chi connectivity index (χ4n) is 3.04. The molecule has 1 aromatic heterocycles. The fourth-order valence-corrected chi connectivity index (χ4v) is 3.04. The molecule has 1 saturated heterocycles. The predicted molar refractivity (Wildman–Crippen MR) is 92.5 cm³/mol. The van der Waals surface area contributed by atoms with Crippen LogP contribution >= 0.6 is 0 Å². The highest BCUT2D eigenvalue weighted by Gasteiger charge is 2.36. The average molecular weight is 343 g/mol. The maximum absolute atomic E-state index is 12.7. The van der Waals surface area contributed by atoms with E-state index >= 15 is 0 Å². The topological polar surface area (TPSA) is 107 Å². The number of amides is 1. The molecule has 1 fully saturated rings. The lowest BCUT2D eigenvalue weighted by Crippen LogP contribution is -2.54. The lowest BCUT2D eigenvalue weighted by atomic mass is 9.79. The Hall–Kier alpha value is -2.74. The standard InChI is InChI=1S/C17H21N5O3/c1-17(2)11-20(8-7-15(17)18)16(23)14-6-9-21(19-14)12-4-3-5-13(10-12)22(24)25/h3-6,9-10,15H,7-8,11,18H2,1-2H3. The number of non-ortho nitro benzene ring substituents is 1. The van der Waals surface area contributed by atoms with Gasteiger partial charge in [0, 0.05) is 37.5 Å². The molecule has 1 atom stereocenters. The van der Waals surface area contributed by atoms with Gasteiger partial charge in [0.25, 0.3) is 11.6 Å². The first-order valence-corrected chi connectivity index (χ1v) is 8.13. The van der Waals surface area contributed by atoms with Crippen LogP contribution in [0.2, 0.25) is 0 Å². The van der Waals surface area contributed by atoms with Crippen LogP contribution in [0.15, 0.2) is 36.5 Å². The minimum atomic E-state index is -0.460. The van der Waals surface area contributed by atoms with Crippen molar-refractivity contribution in [2.24, 2.45) is 11.1 Å². The van der Waals surface area contributed by atoms with Crippen LogP contribution in [-0.4, -0.2) is 44.6 Å². The molecule has 25 heavy (non-hydrogen) atoms. The smallest absolute Gasteiger partial charge is 0.274 e. The van der Waals surface area contributed by atoms with E-state index in [1.54, 1.807) is 29.3 Å². The number of nitrogens with zero attached hydrogens (tertiary/aromatic N) is 4. The van der Waals surface area contributed by atoms with Gasteiger partial charge in [-0.25, -0.2) is 4.68 Å². The zero-order valence-electron chi connectivity index (χ0n) is 14.3. The number of piperidine rings is 1. The van der Waals surface area contributed by atoms with Gasteiger partial charge in [0.15, 0.2) is 5.69 Å². The molecule has 2 N–H and O–H groups in total. The first-order valence-electron chi connectivity index (χ1n) is 8.13. The Labute approximate surface area is 145 Å². The predicted octanol–water partition coefficient (Wildman–Crippen LogP) is 1.98. The van der Waals surface area contributed by atoms with Crippen LogP contribution in [0.3, 0.4) is 0 Å². The molecule has 132 valence electrons. The summed E-state index contributed by atoms with van der Waals surface area (Å²) in [5, 5.41) is 15.2. The van der Waals surface area contributed by atoms with Gasteiger partial charge in [-0.1, -0.05) is 19.9 Å². The molecule has 0 bridgehead atoms. The van der Waals surface area contributed by atoms with Gasteiger partial charge in [-0.2, -0.15) is 5.10 Å². The Bertz CT molecular complexity index is 814. The van der Waals surface area contributed by atoms with Crippen molar-refractivity contribution in [1.29, 1.82) is 0 Å². The SMILES string of the molecule is CC1(C)CN(C(=O)c2ccn(-c3cccc([N+](=O)[O-])c3)n2)CCC1N. The van der Waals surface area contributed by atoms with Gasteiger partial charge in [-0.15, -0.1) is 0 Å². The molecule has 0 radical (unpaired) electrons. The maximum atomic E-state index is 12.7. The third-order valence-electron chi connectivity index (χ3n) is 4.71. The number of likely N-dealkylation sites (tertiary alicyclic amines) is 1. The van der Waals surface area contributed by atoms with Crippen molar-refractivity contribution in [1.82, 2.24) is 14.7 Å². The maximum Gasteiger partial charge on any atom is 0.274 e. The van der Waals surface area contributed by atoms with E-state index in [4.69, 9.17) is 5.73 Å². The lowest BCUT2D eigenvalue weighted by Gasteiger charge is -2.42. The van der Waals surface area contributed by atoms with Crippen LogP contribution in [0.4, 0.5) is 5.69 Å². The molecule has 1 aliphatic rings. The van der Waals surface area contributed by atoms with Crippen molar-refractivity contribution in [3.05, 3.63) is 52.3 Å². The average Bonchev–Trinajstić information content (AvgIpc) is 3.06. The van der Waals surface area contributed by atoms with E-state index in [1.165, 1.54) is 16.8 Å². The van der Waals surface area contributed by atoms with Gasteiger partial charge >= 0.3 is 0 Å². The van der Waals surface area contributed by atoms with E-state index in [-0.39, 0.29) is 23.1 Å². The minimum absolute atomic E-state index is 0.0207. The Morgan fingerprint density at radius 1 is 1.40 bits per heavy atom. The van der Waals surface area contributed by atoms with Gasteiger partial charge in [0.05, 0.1) is 10.6 Å². The number of hydrogen-bond donors (Lipinski definition) is 1. The van der Waals surface area contributed by atoms with Crippen LogP contribution in [-0.2, 0) is 0 Å². The number of aromatic nitrogens is 2. The number of nitro benzene ring substituents is 1. The Kier molecular flexibility index (Phi) is 4.30. The summed E-state index contributed by atoms with van der Waals surface area (Å²) in [5.41, 5.74) is 6.81. The summed E-state index contributed by atoms with van der Waals surface area (Å²) < 4.78 is 1.47. The summed E-state index contributed by atoms with van der Waals surface area (Å²) >= 11 is 0. The van der Waals surface area contributed by atoms with Crippen LogP contribution in [0, 0.1) is 15.5 Å². The fraction of sp³-hybridized carbons (Fsp3) is 0.412. The molecule has 0 aliphatic carbocycles. The normalized spacial score (nSPS) is 19.6. The zero-order valence-corrected chi connectivity index (χ0v) is 14.3. The number of carbonyl (C=O) groups excluding carboxylic acids is 1. The second-order valence-electron chi connectivity index (χ2n) is 7.03. The largest absolute Gasteiger partial charge is 0.337 e. The van der Waals surface area contributed by atoms with Gasteiger partial charge in [-0.05, 0) is 24.0 Å². The molecule has 1 amide bonds. The number of rotatable bonds is 3. The van der Waals surface area contributed by atoms with Crippen LogP contribution in [0.5, 0.6) is 0 Å². The molecule has 8 heteroatoms. The quantitative estimate of drug-likeness (QED) is 0.677. The molecular weight excluding hydrogens is 322 g/mol. The zero-order chi connectivity index (χ0) is 18.2. The third-order valence-corrected chi connectivity index (χ3v) is 4.71. The first kappa shape index (κ1) is 17.1. The van der Waals surface area contributed by atoms with Crippen LogP contribution < -0.4 is 5.73 Å². The molecule has 2 aromatic rings. The van der Waals surface area contributed by atoms with Gasteiger partial charge in [0.1, 0.15) is 0 Å². The van der Waals surface area contributed by atoms with Crippen molar-refractivity contribution in [2.75, 3.05) is 13.1 Å². The van der Waals surface area contributed by atoms with E-state index in [0.29, 0.717) is 24.5 Å². The Morgan fingerprint density at radius 2 is 2.16 bits per heavy atom. The number of carbonyl (C=O) groups is 1. The highest BCUT2D eigenvalue weighted by atomic mass is 16.6. The third kappa shape index (κ3) is 3.39. The summed E-state index contributed by atoms with van der Waals surface area (Å²) in [6.45, 7) is 5.29.